The van der Waals surface area contributed by atoms with Crippen LogP contribution < -0.4 is 5.32 Å². The van der Waals surface area contributed by atoms with Crippen molar-refractivity contribution >= 4 is 17.5 Å². The molecule has 18 heavy (non-hydrogen) atoms. The molecule has 0 aromatic heterocycles. The lowest BCUT2D eigenvalue weighted by Gasteiger charge is -2.25. The van der Waals surface area contributed by atoms with Crippen LogP contribution in [0.15, 0.2) is 24.3 Å². The lowest BCUT2D eigenvalue weighted by atomic mass is 10.1. The van der Waals surface area contributed by atoms with E-state index in [-0.39, 0.29) is 18.4 Å². The van der Waals surface area contributed by atoms with Gasteiger partial charge in [-0.3, -0.25) is 4.79 Å². The van der Waals surface area contributed by atoms with Crippen LogP contribution >= 0.6 is 0 Å². The maximum atomic E-state index is 11.9. The van der Waals surface area contributed by atoms with Gasteiger partial charge in [0.05, 0.1) is 18.2 Å². The molecule has 1 aromatic rings. The number of Topliss-reactive ketones (excluding diaryl/α,β-unsaturated/α-hetero) is 1. The number of nitrogens with zero attached hydrogens (tertiary/aromatic N) is 2. The molecular formula is C13H13N3O2. The fourth-order valence-corrected chi connectivity index (χ4v) is 1.84. The Balaban J connectivity index is 1.98. The van der Waals surface area contributed by atoms with E-state index in [2.05, 4.69) is 5.32 Å². The summed E-state index contributed by atoms with van der Waals surface area (Å²) >= 11 is 0. The fraction of sp³-hybridized carbons (Fsp3) is 0.308. The number of hydrogen-bond acceptors (Lipinski definition) is 3. The van der Waals surface area contributed by atoms with Gasteiger partial charge in [0.15, 0.2) is 5.78 Å². The van der Waals surface area contributed by atoms with Crippen molar-refractivity contribution in [3.63, 3.8) is 0 Å². The molecular weight excluding hydrogens is 230 g/mol. The summed E-state index contributed by atoms with van der Waals surface area (Å²) < 4.78 is 0. The summed E-state index contributed by atoms with van der Waals surface area (Å²) in [5.74, 6) is 0.0937. The van der Waals surface area contributed by atoms with E-state index in [9.17, 15) is 9.59 Å². The van der Waals surface area contributed by atoms with Crippen molar-refractivity contribution in [2.45, 2.75) is 12.8 Å². The number of ketones is 1. The fourth-order valence-electron chi connectivity index (χ4n) is 1.84. The predicted molar refractivity (Wildman–Crippen MR) is 66.0 cm³/mol. The second-order valence-electron chi connectivity index (χ2n) is 4.18. The van der Waals surface area contributed by atoms with Crippen molar-refractivity contribution < 1.29 is 9.59 Å². The Morgan fingerprint density at radius 3 is 2.67 bits per heavy atom. The van der Waals surface area contributed by atoms with Crippen LogP contribution in [0.4, 0.5) is 10.5 Å². The highest BCUT2D eigenvalue weighted by Crippen LogP contribution is 2.12. The van der Waals surface area contributed by atoms with E-state index in [0.717, 1.165) is 6.42 Å². The van der Waals surface area contributed by atoms with E-state index < -0.39 is 0 Å². The number of piperidine rings is 1. The van der Waals surface area contributed by atoms with Crippen LogP contribution in [0.5, 0.6) is 0 Å². The smallest absolute Gasteiger partial charge is 0.317 e. The van der Waals surface area contributed by atoms with Crippen molar-refractivity contribution in [3.05, 3.63) is 29.8 Å². The van der Waals surface area contributed by atoms with Crippen molar-refractivity contribution in [2.75, 3.05) is 18.4 Å². The molecule has 0 unspecified atom stereocenters. The maximum absolute atomic E-state index is 11.9. The van der Waals surface area contributed by atoms with Gasteiger partial charge in [0.25, 0.3) is 0 Å². The number of carbonyl (C=O) groups is 2. The van der Waals surface area contributed by atoms with Crippen LogP contribution in [0, 0.1) is 11.3 Å². The third-order valence-corrected chi connectivity index (χ3v) is 2.80. The Morgan fingerprint density at radius 2 is 2.06 bits per heavy atom. The predicted octanol–water partition coefficient (Wildman–Crippen LogP) is 1.76. The molecule has 5 nitrogen and oxygen atoms in total. The molecule has 0 saturated carbocycles. The number of amides is 2. The number of likely N-dealkylation sites (tertiary alicyclic amines) is 1. The molecule has 0 bridgehead atoms. The third kappa shape index (κ3) is 2.86. The molecule has 5 heteroatoms. The topological polar surface area (TPSA) is 73.2 Å². The summed E-state index contributed by atoms with van der Waals surface area (Å²) in [6, 6.07) is 8.35. The Bertz CT molecular complexity index is 502. The van der Waals surface area contributed by atoms with Gasteiger partial charge in [-0.25, -0.2) is 4.79 Å². The van der Waals surface area contributed by atoms with Crippen molar-refractivity contribution in [1.29, 1.82) is 5.26 Å². The van der Waals surface area contributed by atoms with E-state index in [1.807, 2.05) is 6.07 Å². The molecule has 2 amide bonds. The van der Waals surface area contributed by atoms with Crippen molar-refractivity contribution in [2.24, 2.45) is 0 Å². The second-order valence-corrected chi connectivity index (χ2v) is 4.18. The summed E-state index contributed by atoms with van der Waals surface area (Å²) in [5, 5.41) is 11.4. The van der Waals surface area contributed by atoms with Crippen LogP contribution in [0.25, 0.3) is 0 Å². The first kappa shape index (κ1) is 12.1. The van der Waals surface area contributed by atoms with E-state index >= 15 is 0 Å². The molecule has 92 valence electrons. The van der Waals surface area contributed by atoms with Gasteiger partial charge >= 0.3 is 6.03 Å². The molecule has 1 aliphatic heterocycles. The summed E-state index contributed by atoms with van der Waals surface area (Å²) in [4.78, 5) is 24.6. The normalized spacial score (nSPS) is 15.1. The summed E-state index contributed by atoms with van der Waals surface area (Å²) in [6.45, 7) is 0.788. The lowest BCUT2D eigenvalue weighted by molar-refractivity contribution is -0.121. The molecule has 0 radical (unpaired) electrons. The monoisotopic (exact) mass is 243 g/mol. The van der Waals surface area contributed by atoms with Gasteiger partial charge in [-0.2, -0.15) is 5.26 Å². The summed E-state index contributed by atoms with van der Waals surface area (Å²) in [7, 11) is 0. The molecule has 0 spiro atoms. The maximum Gasteiger partial charge on any atom is 0.322 e. The van der Waals surface area contributed by atoms with Gasteiger partial charge in [0, 0.05) is 18.7 Å². The first-order valence-corrected chi connectivity index (χ1v) is 5.77. The molecule has 1 saturated heterocycles. The molecule has 1 N–H and O–H groups in total. The second kappa shape index (κ2) is 5.32. The zero-order valence-corrected chi connectivity index (χ0v) is 9.85. The number of carbonyl (C=O) groups excluding carboxylic acids is 2. The van der Waals surface area contributed by atoms with Crippen molar-refractivity contribution in [3.8, 4) is 6.07 Å². The van der Waals surface area contributed by atoms with E-state index in [1.54, 1.807) is 24.3 Å². The molecule has 0 atom stereocenters. The minimum Gasteiger partial charge on any atom is -0.317 e. The van der Waals surface area contributed by atoms with Crippen LogP contribution in [0.3, 0.4) is 0 Å². The first-order valence-electron chi connectivity index (χ1n) is 5.77. The van der Waals surface area contributed by atoms with E-state index in [4.69, 9.17) is 5.26 Å². The number of nitrogens with one attached hydrogen (secondary N) is 1. The largest absolute Gasteiger partial charge is 0.322 e. The highest BCUT2D eigenvalue weighted by Gasteiger charge is 2.21. The molecule has 1 aromatic carbocycles. The zero-order valence-electron chi connectivity index (χ0n) is 9.85. The molecule has 0 aliphatic carbocycles. The van der Waals surface area contributed by atoms with Gasteiger partial charge in [0.2, 0.25) is 0 Å². The van der Waals surface area contributed by atoms with Crippen LogP contribution in [0.1, 0.15) is 18.4 Å². The number of benzene rings is 1. The summed E-state index contributed by atoms with van der Waals surface area (Å²) in [5.41, 5.74) is 1.16. The quantitative estimate of drug-likeness (QED) is 0.816. The number of nitriles is 1. The minimum atomic E-state index is -0.271. The molecule has 2 rings (SSSR count). The molecule has 1 aliphatic rings. The Labute approximate surface area is 105 Å². The van der Waals surface area contributed by atoms with Crippen LogP contribution in [-0.2, 0) is 4.79 Å². The molecule has 1 fully saturated rings. The van der Waals surface area contributed by atoms with Crippen LogP contribution in [-0.4, -0.2) is 29.8 Å². The Morgan fingerprint density at radius 1 is 1.33 bits per heavy atom. The number of urea groups is 1. The average molecular weight is 243 g/mol. The third-order valence-electron chi connectivity index (χ3n) is 2.80. The number of hydrogen-bond donors (Lipinski definition) is 1. The van der Waals surface area contributed by atoms with Gasteiger partial charge in [0.1, 0.15) is 0 Å². The van der Waals surface area contributed by atoms with Crippen molar-refractivity contribution in [1.82, 2.24) is 4.90 Å². The average Bonchev–Trinajstić information content (AvgIpc) is 2.39. The molecule has 1 heterocycles. The number of anilines is 1. The summed E-state index contributed by atoms with van der Waals surface area (Å²) in [6.07, 6.45) is 1.28. The zero-order chi connectivity index (χ0) is 13.0. The Hall–Kier alpha value is -2.35. The minimum absolute atomic E-state index is 0.0937. The first-order chi connectivity index (χ1) is 8.69. The van der Waals surface area contributed by atoms with E-state index in [0.29, 0.717) is 24.2 Å². The highest BCUT2D eigenvalue weighted by atomic mass is 16.2. The van der Waals surface area contributed by atoms with Gasteiger partial charge in [-0.05, 0) is 30.7 Å². The standard InChI is InChI=1S/C13H13N3O2/c14-8-10-3-5-11(6-4-10)15-13(18)16-7-1-2-12(17)9-16/h3-6H,1-2,7,9H2,(H,15,18). The van der Waals surface area contributed by atoms with Gasteiger partial charge < -0.3 is 10.2 Å². The van der Waals surface area contributed by atoms with Gasteiger partial charge in [-0.15, -0.1) is 0 Å². The van der Waals surface area contributed by atoms with Crippen LogP contribution in [0.2, 0.25) is 0 Å². The van der Waals surface area contributed by atoms with Gasteiger partial charge in [-0.1, -0.05) is 0 Å². The SMILES string of the molecule is N#Cc1ccc(NC(=O)N2CCCC(=O)C2)cc1. The highest BCUT2D eigenvalue weighted by molar-refractivity contribution is 5.93. The number of rotatable bonds is 1. The van der Waals surface area contributed by atoms with E-state index in [1.165, 1.54) is 4.90 Å². The lowest BCUT2D eigenvalue weighted by Crippen LogP contribution is -2.42. The Kier molecular flexibility index (Phi) is 3.58.